The van der Waals surface area contributed by atoms with Gasteiger partial charge in [0.2, 0.25) is 5.91 Å². The highest BCUT2D eigenvalue weighted by molar-refractivity contribution is 6.39. The minimum Gasteiger partial charge on any atom is -0.323 e. The number of amides is 4. The van der Waals surface area contributed by atoms with E-state index in [0.29, 0.717) is 6.42 Å². The summed E-state index contributed by atoms with van der Waals surface area (Å²) in [6.07, 6.45) is 3.40. The highest BCUT2D eigenvalue weighted by atomic mass is 35.5. The van der Waals surface area contributed by atoms with Crippen LogP contribution < -0.4 is 10.6 Å². The van der Waals surface area contributed by atoms with Crippen molar-refractivity contribution in [1.82, 2.24) is 10.2 Å². The molecule has 134 valence electrons. The number of halogens is 2. The van der Waals surface area contributed by atoms with Crippen molar-refractivity contribution in [1.29, 1.82) is 0 Å². The van der Waals surface area contributed by atoms with E-state index in [0.717, 1.165) is 24.2 Å². The van der Waals surface area contributed by atoms with Crippen LogP contribution in [0.4, 0.5) is 10.5 Å². The highest BCUT2D eigenvalue weighted by Gasteiger charge is 2.55. The second kappa shape index (κ2) is 6.84. The van der Waals surface area contributed by atoms with Crippen molar-refractivity contribution in [2.75, 3.05) is 11.9 Å². The van der Waals surface area contributed by atoms with Gasteiger partial charge in [0.15, 0.2) is 0 Å². The molecular formula is C17H19Cl2N3O3. The van der Waals surface area contributed by atoms with E-state index in [-0.39, 0.29) is 34.1 Å². The fraction of sp³-hybridized carbons (Fsp3) is 0.471. The van der Waals surface area contributed by atoms with Gasteiger partial charge < -0.3 is 10.6 Å². The summed E-state index contributed by atoms with van der Waals surface area (Å²) < 4.78 is 0. The van der Waals surface area contributed by atoms with Gasteiger partial charge in [0, 0.05) is 0 Å². The SMILES string of the molecule is CC1CCCCC12NC(=O)N(CC(=O)Nc1c(Cl)cccc1Cl)C2=O. The standard InChI is InChI=1S/C17H19Cl2N3O3/c1-10-5-2-3-8-17(10)15(24)22(16(25)21-17)9-13(23)20-14-11(18)6-4-7-12(14)19/h4,6-7,10H,2-3,5,8-9H2,1H3,(H,20,23)(H,21,25). The van der Waals surface area contributed by atoms with Gasteiger partial charge in [-0.05, 0) is 30.9 Å². The van der Waals surface area contributed by atoms with Crippen LogP contribution in [0.2, 0.25) is 10.0 Å². The van der Waals surface area contributed by atoms with Crippen LogP contribution in [0.5, 0.6) is 0 Å². The zero-order valence-corrected chi connectivity index (χ0v) is 15.3. The summed E-state index contributed by atoms with van der Waals surface area (Å²) in [6.45, 7) is 1.59. The molecule has 2 N–H and O–H groups in total. The average molecular weight is 384 g/mol. The van der Waals surface area contributed by atoms with Crippen molar-refractivity contribution in [3.63, 3.8) is 0 Å². The molecule has 1 spiro atoms. The maximum absolute atomic E-state index is 12.8. The number of benzene rings is 1. The molecule has 1 saturated carbocycles. The molecule has 25 heavy (non-hydrogen) atoms. The van der Waals surface area contributed by atoms with Gasteiger partial charge in [-0.25, -0.2) is 4.79 Å². The third-order valence-corrected chi connectivity index (χ3v) is 5.66. The Kier molecular flexibility index (Phi) is 4.93. The van der Waals surface area contributed by atoms with Crippen LogP contribution in [-0.4, -0.2) is 34.8 Å². The van der Waals surface area contributed by atoms with Crippen LogP contribution in [0.3, 0.4) is 0 Å². The van der Waals surface area contributed by atoms with Gasteiger partial charge in [0.25, 0.3) is 5.91 Å². The smallest absolute Gasteiger partial charge is 0.323 e. The summed E-state index contributed by atoms with van der Waals surface area (Å²) in [6, 6.07) is 4.32. The van der Waals surface area contributed by atoms with E-state index < -0.39 is 17.5 Å². The Balaban J connectivity index is 1.73. The monoisotopic (exact) mass is 383 g/mol. The summed E-state index contributed by atoms with van der Waals surface area (Å²) >= 11 is 12.0. The van der Waals surface area contributed by atoms with Gasteiger partial charge in [0.1, 0.15) is 12.1 Å². The first-order valence-corrected chi connectivity index (χ1v) is 8.99. The van der Waals surface area contributed by atoms with Crippen LogP contribution in [0.25, 0.3) is 0 Å². The first-order chi connectivity index (χ1) is 11.8. The molecule has 2 unspecified atom stereocenters. The molecule has 1 aromatic rings. The molecule has 2 atom stereocenters. The van der Waals surface area contributed by atoms with Gasteiger partial charge in [0.05, 0.1) is 15.7 Å². The number of hydrogen-bond acceptors (Lipinski definition) is 3. The third kappa shape index (κ3) is 3.20. The molecule has 2 fully saturated rings. The highest BCUT2D eigenvalue weighted by Crippen LogP contribution is 2.38. The topological polar surface area (TPSA) is 78.5 Å². The molecule has 3 rings (SSSR count). The van der Waals surface area contributed by atoms with Gasteiger partial charge >= 0.3 is 6.03 Å². The number of para-hydroxylation sites is 1. The van der Waals surface area contributed by atoms with Gasteiger partial charge in [-0.1, -0.05) is 49.0 Å². The first kappa shape index (κ1) is 18.0. The van der Waals surface area contributed by atoms with Gasteiger partial charge in [-0.2, -0.15) is 0 Å². The Labute approximate surface area is 155 Å². The van der Waals surface area contributed by atoms with Crippen LogP contribution >= 0.6 is 23.2 Å². The number of imide groups is 1. The number of carbonyl (C=O) groups is 3. The Bertz CT molecular complexity index is 720. The lowest BCUT2D eigenvalue weighted by atomic mass is 9.73. The van der Waals surface area contributed by atoms with E-state index in [1.54, 1.807) is 18.2 Å². The van der Waals surface area contributed by atoms with Gasteiger partial charge in [-0.3, -0.25) is 14.5 Å². The lowest BCUT2D eigenvalue weighted by molar-refractivity contribution is -0.136. The normalized spacial score (nSPS) is 26.0. The number of carbonyl (C=O) groups excluding carboxylic acids is 3. The summed E-state index contributed by atoms with van der Waals surface area (Å²) in [5, 5.41) is 5.96. The molecule has 6 nitrogen and oxygen atoms in total. The van der Waals surface area contributed by atoms with Crippen molar-refractivity contribution in [3.05, 3.63) is 28.2 Å². The van der Waals surface area contributed by atoms with Crippen LogP contribution in [-0.2, 0) is 9.59 Å². The second-order valence-electron chi connectivity index (χ2n) is 6.58. The molecule has 2 aliphatic rings. The number of nitrogens with zero attached hydrogens (tertiary/aromatic N) is 1. The Hall–Kier alpha value is -1.79. The fourth-order valence-electron chi connectivity index (χ4n) is 3.58. The number of anilines is 1. The molecule has 1 aromatic carbocycles. The zero-order chi connectivity index (χ0) is 18.2. The largest absolute Gasteiger partial charge is 0.325 e. The molecule has 0 aromatic heterocycles. The third-order valence-electron chi connectivity index (χ3n) is 5.03. The molecule has 0 bridgehead atoms. The van der Waals surface area contributed by atoms with Crippen molar-refractivity contribution >= 4 is 46.7 Å². The Morgan fingerprint density at radius 1 is 1.32 bits per heavy atom. The maximum Gasteiger partial charge on any atom is 0.325 e. The van der Waals surface area contributed by atoms with Crippen molar-refractivity contribution in [3.8, 4) is 0 Å². The Morgan fingerprint density at radius 2 is 2.00 bits per heavy atom. The minimum absolute atomic E-state index is 0.0452. The van der Waals surface area contributed by atoms with Gasteiger partial charge in [-0.15, -0.1) is 0 Å². The van der Waals surface area contributed by atoms with E-state index in [2.05, 4.69) is 10.6 Å². The lowest BCUT2D eigenvalue weighted by Gasteiger charge is -2.36. The summed E-state index contributed by atoms with van der Waals surface area (Å²) in [5.74, 6) is -0.812. The molecular weight excluding hydrogens is 365 g/mol. The van der Waals surface area contributed by atoms with Crippen LogP contribution in [0, 0.1) is 5.92 Å². The summed E-state index contributed by atoms with van der Waals surface area (Å²) in [7, 11) is 0. The second-order valence-corrected chi connectivity index (χ2v) is 7.40. The van der Waals surface area contributed by atoms with Crippen molar-refractivity contribution in [2.45, 2.75) is 38.1 Å². The van der Waals surface area contributed by atoms with E-state index in [4.69, 9.17) is 23.2 Å². The number of urea groups is 1. The molecule has 1 heterocycles. The summed E-state index contributed by atoms with van der Waals surface area (Å²) in [4.78, 5) is 38.4. The molecule has 4 amide bonds. The first-order valence-electron chi connectivity index (χ1n) is 8.23. The molecule has 1 saturated heterocycles. The predicted octanol–water partition coefficient (Wildman–Crippen LogP) is 3.43. The van der Waals surface area contributed by atoms with Crippen molar-refractivity contribution in [2.24, 2.45) is 5.92 Å². The minimum atomic E-state index is -0.877. The van der Waals surface area contributed by atoms with E-state index in [9.17, 15) is 14.4 Å². The van der Waals surface area contributed by atoms with Crippen LogP contribution in [0.15, 0.2) is 18.2 Å². The predicted molar refractivity (Wildman–Crippen MR) is 95.7 cm³/mol. The number of nitrogens with one attached hydrogen (secondary N) is 2. The molecule has 1 aliphatic carbocycles. The number of hydrogen-bond donors (Lipinski definition) is 2. The number of rotatable bonds is 3. The maximum atomic E-state index is 12.8. The molecule has 8 heteroatoms. The van der Waals surface area contributed by atoms with Crippen molar-refractivity contribution < 1.29 is 14.4 Å². The average Bonchev–Trinajstić information content (AvgIpc) is 2.79. The molecule has 0 radical (unpaired) electrons. The lowest BCUT2D eigenvalue weighted by Crippen LogP contribution is -2.54. The molecule has 1 aliphatic heterocycles. The quantitative estimate of drug-likeness (QED) is 0.784. The van der Waals surface area contributed by atoms with E-state index in [1.165, 1.54) is 0 Å². The van der Waals surface area contributed by atoms with Crippen LogP contribution in [0.1, 0.15) is 32.6 Å². The summed E-state index contributed by atoms with van der Waals surface area (Å²) in [5.41, 5.74) is -0.610. The fourth-order valence-corrected chi connectivity index (χ4v) is 4.07. The van der Waals surface area contributed by atoms with E-state index in [1.807, 2.05) is 6.92 Å². The zero-order valence-electron chi connectivity index (χ0n) is 13.8. The van der Waals surface area contributed by atoms with E-state index >= 15 is 0 Å². The Morgan fingerprint density at radius 3 is 2.64 bits per heavy atom.